The van der Waals surface area contributed by atoms with Crippen LogP contribution in [0, 0.1) is 0 Å². The topological polar surface area (TPSA) is 38.9 Å². The maximum atomic E-state index is 6.35. The van der Waals surface area contributed by atoms with Gasteiger partial charge in [-0.05, 0) is 74.0 Å². The third kappa shape index (κ3) is 4.51. The lowest BCUT2D eigenvalue weighted by molar-refractivity contribution is 0.670. The largest absolute Gasteiger partial charge is 0.455 e. The third-order valence-corrected chi connectivity index (χ3v) is 9.77. The van der Waals surface area contributed by atoms with Crippen LogP contribution in [0.1, 0.15) is 0 Å². The van der Waals surface area contributed by atoms with Crippen LogP contribution in [-0.4, -0.2) is 9.97 Å². The summed E-state index contributed by atoms with van der Waals surface area (Å²) in [5, 5.41) is 6.92. The summed E-state index contributed by atoms with van der Waals surface area (Å²) in [6.45, 7) is 0. The molecule has 0 atom stereocenters. The van der Waals surface area contributed by atoms with E-state index in [1.807, 2.05) is 12.1 Å². The summed E-state index contributed by atoms with van der Waals surface area (Å²) in [6, 6.07) is 56.3. The van der Waals surface area contributed by atoms with Crippen LogP contribution in [0.4, 0.5) is 0 Å². The lowest BCUT2D eigenvalue weighted by Crippen LogP contribution is -1.89. The van der Waals surface area contributed by atoms with Gasteiger partial charge < -0.3 is 4.42 Å². The molecule has 228 valence electrons. The van der Waals surface area contributed by atoms with E-state index in [1.54, 1.807) is 12.4 Å². The molecule has 0 saturated carbocycles. The highest BCUT2D eigenvalue weighted by atomic mass is 16.3. The van der Waals surface area contributed by atoms with Crippen molar-refractivity contribution in [1.29, 1.82) is 0 Å². The number of benzene rings is 8. The zero-order valence-electron chi connectivity index (χ0n) is 26.5. The second-order valence-corrected chi connectivity index (χ2v) is 12.6. The van der Waals surface area contributed by atoms with E-state index >= 15 is 0 Å². The van der Waals surface area contributed by atoms with E-state index in [1.165, 1.54) is 44.2 Å². The van der Waals surface area contributed by atoms with Crippen LogP contribution in [-0.2, 0) is 0 Å². The number of furan rings is 1. The summed E-state index contributed by atoms with van der Waals surface area (Å²) >= 11 is 0. The Bertz CT molecular complexity index is 2850. The summed E-state index contributed by atoms with van der Waals surface area (Å²) in [5.41, 5.74) is 13.0. The van der Waals surface area contributed by atoms with Crippen LogP contribution in [0.5, 0.6) is 0 Å². The fourth-order valence-electron chi connectivity index (χ4n) is 7.38. The van der Waals surface area contributed by atoms with Crippen LogP contribution in [0.3, 0.4) is 0 Å². The summed E-state index contributed by atoms with van der Waals surface area (Å²) in [5.74, 6) is 0. The predicted molar refractivity (Wildman–Crippen MR) is 204 cm³/mol. The van der Waals surface area contributed by atoms with Gasteiger partial charge in [0, 0.05) is 39.5 Å². The summed E-state index contributed by atoms with van der Waals surface area (Å²) in [6.07, 6.45) is 3.55. The summed E-state index contributed by atoms with van der Waals surface area (Å²) in [4.78, 5) is 9.38. The average Bonchev–Trinajstić information content (AvgIpc) is 3.57. The van der Waals surface area contributed by atoms with Crippen LogP contribution >= 0.6 is 0 Å². The van der Waals surface area contributed by atoms with Crippen LogP contribution in [0.25, 0.3) is 99.0 Å². The molecule has 8 aromatic carbocycles. The van der Waals surface area contributed by atoms with Gasteiger partial charge in [-0.1, -0.05) is 133 Å². The molecule has 3 heteroatoms. The number of nitrogens with zero attached hydrogens (tertiary/aromatic N) is 2. The number of rotatable bonds is 4. The summed E-state index contributed by atoms with van der Waals surface area (Å²) in [7, 11) is 0. The maximum Gasteiger partial charge on any atom is 0.143 e. The molecule has 10 aromatic rings. The van der Waals surface area contributed by atoms with Crippen molar-refractivity contribution in [3.05, 3.63) is 170 Å². The molecular formula is C46H28N2O. The molecule has 0 N–H and O–H groups in total. The second kappa shape index (κ2) is 11.0. The van der Waals surface area contributed by atoms with Gasteiger partial charge in [-0.25, -0.2) is 0 Å². The van der Waals surface area contributed by atoms with Gasteiger partial charge in [0.1, 0.15) is 11.2 Å². The number of aromatic nitrogens is 2. The lowest BCUT2D eigenvalue weighted by atomic mass is 9.93. The molecule has 0 bridgehead atoms. The van der Waals surface area contributed by atoms with Crippen molar-refractivity contribution in [2.24, 2.45) is 0 Å². The molecule has 0 amide bonds. The molecule has 10 rings (SSSR count). The smallest absolute Gasteiger partial charge is 0.143 e. The van der Waals surface area contributed by atoms with E-state index in [0.29, 0.717) is 0 Å². The van der Waals surface area contributed by atoms with E-state index in [4.69, 9.17) is 9.40 Å². The molecule has 0 aliphatic rings. The van der Waals surface area contributed by atoms with E-state index in [-0.39, 0.29) is 0 Å². The molecule has 0 fully saturated rings. The average molecular weight is 625 g/mol. The first kappa shape index (κ1) is 27.5. The van der Waals surface area contributed by atoms with E-state index in [9.17, 15) is 0 Å². The van der Waals surface area contributed by atoms with Gasteiger partial charge in [-0.2, -0.15) is 0 Å². The lowest BCUT2D eigenvalue weighted by Gasteiger charge is -2.11. The Hall–Kier alpha value is -6.58. The first-order valence-corrected chi connectivity index (χ1v) is 16.6. The Balaban J connectivity index is 0.995. The standard InChI is InChI=1S/C46H28N2O/c1-2-14-39-37(12-1)42-28-34(22-23-40(42)45-44(39)47-24-25-48-45)30-20-18-29(19-21-30)31-8-5-9-32(26-31)33-10-6-11-35(27-33)36-15-7-16-41-38-13-3-4-17-43(38)49-46(36)41/h1-28H. The predicted octanol–water partition coefficient (Wildman–Crippen LogP) is 12.5. The van der Waals surface area contributed by atoms with Gasteiger partial charge >= 0.3 is 0 Å². The van der Waals surface area contributed by atoms with Crippen molar-refractivity contribution in [3.63, 3.8) is 0 Å². The van der Waals surface area contributed by atoms with Gasteiger partial charge in [-0.15, -0.1) is 0 Å². The number of para-hydroxylation sites is 2. The fraction of sp³-hybridized carbons (Fsp3) is 0. The van der Waals surface area contributed by atoms with E-state index in [0.717, 1.165) is 54.9 Å². The minimum atomic E-state index is 0.914. The third-order valence-electron chi connectivity index (χ3n) is 9.77. The van der Waals surface area contributed by atoms with E-state index < -0.39 is 0 Å². The molecule has 2 aromatic heterocycles. The molecule has 0 saturated heterocycles. The molecule has 0 radical (unpaired) electrons. The minimum Gasteiger partial charge on any atom is -0.455 e. The van der Waals surface area contributed by atoms with Crippen LogP contribution in [0.2, 0.25) is 0 Å². The molecule has 49 heavy (non-hydrogen) atoms. The Morgan fingerprint density at radius 3 is 1.57 bits per heavy atom. The highest BCUT2D eigenvalue weighted by molar-refractivity contribution is 6.23. The molecule has 0 aliphatic heterocycles. The second-order valence-electron chi connectivity index (χ2n) is 12.6. The van der Waals surface area contributed by atoms with Gasteiger partial charge in [0.2, 0.25) is 0 Å². The van der Waals surface area contributed by atoms with Gasteiger partial charge in [0.15, 0.2) is 0 Å². The number of hydrogen-bond acceptors (Lipinski definition) is 3. The molecule has 0 aliphatic carbocycles. The van der Waals surface area contributed by atoms with Crippen LogP contribution in [0.15, 0.2) is 175 Å². The zero-order valence-corrected chi connectivity index (χ0v) is 26.5. The van der Waals surface area contributed by atoms with Gasteiger partial charge in [0.05, 0.1) is 11.0 Å². The highest BCUT2D eigenvalue weighted by Crippen LogP contribution is 2.38. The number of fused-ring (bicyclic) bond motifs is 9. The molecule has 0 unspecified atom stereocenters. The maximum absolute atomic E-state index is 6.35. The van der Waals surface area contributed by atoms with Crippen molar-refractivity contribution < 1.29 is 4.42 Å². The normalized spacial score (nSPS) is 11.7. The van der Waals surface area contributed by atoms with Crippen molar-refractivity contribution in [3.8, 4) is 44.5 Å². The zero-order chi connectivity index (χ0) is 32.3. The monoisotopic (exact) mass is 624 g/mol. The fourth-order valence-corrected chi connectivity index (χ4v) is 7.38. The Morgan fingerprint density at radius 2 is 0.837 bits per heavy atom. The minimum absolute atomic E-state index is 0.914. The molecular weight excluding hydrogens is 597 g/mol. The quantitative estimate of drug-likeness (QED) is 0.183. The van der Waals surface area contributed by atoms with Crippen LogP contribution < -0.4 is 0 Å². The van der Waals surface area contributed by atoms with Gasteiger partial charge in [-0.3, -0.25) is 9.97 Å². The Morgan fingerprint density at radius 1 is 0.327 bits per heavy atom. The highest BCUT2D eigenvalue weighted by Gasteiger charge is 2.14. The van der Waals surface area contributed by atoms with Crippen molar-refractivity contribution in [1.82, 2.24) is 9.97 Å². The van der Waals surface area contributed by atoms with Crippen molar-refractivity contribution in [2.45, 2.75) is 0 Å². The number of hydrogen-bond donors (Lipinski definition) is 0. The Kier molecular flexibility index (Phi) is 6.18. The first-order valence-electron chi connectivity index (χ1n) is 16.6. The Labute approximate surface area is 282 Å². The van der Waals surface area contributed by atoms with Crippen molar-refractivity contribution in [2.75, 3.05) is 0 Å². The SMILES string of the molecule is c1cc(-c2ccc(-c3ccc4c(c3)c3ccccc3c3nccnc43)cc2)cc(-c2cccc(-c3cccc4c3oc3ccccc34)c2)c1. The summed E-state index contributed by atoms with van der Waals surface area (Å²) < 4.78 is 6.35. The van der Waals surface area contributed by atoms with Crippen molar-refractivity contribution >= 4 is 54.5 Å². The molecule has 0 spiro atoms. The molecule has 2 heterocycles. The van der Waals surface area contributed by atoms with Gasteiger partial charge in [0.25, 0.3) is 0 Å². The van der Waals surface area contributed by atoms with E-state index in [2.05, 4.69) is 151 Å². The first-order chi connectivity index (χ1) is 24.3. The molecule has 3 nitrogen and oxygen atoms in total.